The molecule has 1 aromatic carbocycles. The number of H-pyrrole nitrogens is 1. The maximum atomic E-state index is 10.0. The zero-order valence-corrected chi connectivity index (χ0v) is 12.9. The summed E-state index contributed by atoms with van der Waals surface area (Å²) in [5.41, 5.74) is 1.46. The monoisotopic (exact) mass is 329 g/mol. The average Bonchev–Trinajstić information content (AvgIpc) is 3.24. The van der Waals surface area contributed by atoms with E-state index in [0.717, 1.165) is 5.56 Å². The van der Waals surface area contributed by atoms with Crippen molar-refractivity contribution in [2.24, 2.45) is 0 Å². The number of hydrogen-bond acceptors (Lipinski definition) is 6. The van der Waals surface area contributed by atoms with Crippen molar-refractivity contribution >= 4 is 0 Å². The molecule has 2 atom stereocenters. The molecule has 2 unspecified atom stereocenters. The molecule has 24 heavy (non-hydrogen) atoms. The van der Waals surface area contributed by atoms with Gasteiger partial charge in [0.15, 0.2) is 5.82 Å². The Morgan fingerprint density at radius 1 is 1.12 bits per heavy atom. The van der Waals surface area contributed by atoms with Crippen molar-refractivity contribution < 1.29 is 15.3 Å². The Morgan fingerprint density at radius 2 is 1.92 bits per heavy atom. The maximum Gasteiger partial charge on any atom is 0.216 e. The lowest BCUT2D eigenvalue weighted by Crippen LogP contribution is -2.19. The summed E-state index contributed by atoms with van der Waals surface area (Å²) in [6.45, 7) is 0.393. The molecular weight excluding hydrogens is 310 g/mol. The van der Waals surface area contributed by atoms with Gasteiger partial charge in [-0.25, -0.2) is 14.6 Å². The summed E-state index contributed by atoms with van der Waals surface area (Å²) in [6.07, 6.45) is 0.913. The molecule has 0 aliphatic rings. The summed E-state index contributed by atoms with van der Waals surface area (Å²) in [5, 5.41) is 32.9. The number of aromatic amines is 1. The van der Waals surface area contributed by atoms with Crippen molar-refractivity contribution in [3.05, 3.63) is 54.1 Å². The van der Waals surface area contributed by atoms with Gasteiger partial charge in [0.25, 0.3) is 0 Å². The van der Waals surface area contributed by atoms with Gasteiger partial charge in [-0.2, -0.15) is 0 Å². The SMILES string of the molecule is OCCC(O)C(O)c1cnc(-c2ncn(Cc3ccccc3)n2)[nH]1. The third-order valence-corrected chi connectivity index (χ3v) is 3.64. The van der Waals surface area contributed by atoms with E-state index in [-0.39, 0.29) is 13.0 Å². The third kappa shape index (κ3) is 3.67. The van der Waals surface area contributed by atoms with Crippen LogP contribution in [0.1, 0.15) is 23.8 Å². The Morgan fingerprint density at radius 3 is 2.67 bits per heavy atom. The molecule has 2 aromatic heterocycles. The van der Waals surface area contributed by atoms with E-state index in [4.69, 9.17) is 5.11 Å². The fraction of sp³-hybridized carbons (Fsp3) is 0.312. The second-order valence-corrected chi connectivity index (χ2v) is 5.46. The van der Waals surface area contributed by atoms with Gasteiger partial charge in [-0.3, -0.25) is 0 Å². The minimum atomic E-state index is -1.15. The van der Waals surface area contributed by atoms with Gasteiger partial charge in [0, 0.05) is 6.61 Å². The van der Waals surface area contributed by atoms with E-state index in [2.05, 4.69) is 20.1 Å². The van der Waals surface area contributed by atoms with Gasteiger partial charge in [0.05, 0.1) is 24.5 Å². The van der Waals surface area contributed by atoms with Crippen LogP contribution in [-0.4, -0.2) is 52.8 Å². The van der Waals surface area contributed by atoms with Crippen LogP contribution in [0, 0.1) is 0 Å². The molecule has 0 fully saturated rings. The van der Waals surface area contributed by atoms with Gasteiger partial charge < -0.3 is 20.3 Å². The highest BCUT2D eigenvalue weighted by atomic mass is 16.3. The molecule has 0 aliphatic heterocycles. The van der Waals surface area contributed by atoms with E-state index in [1.54, 1.807) is 11.0 Å². The Labute approximate surface area is 138 Å². The molecule has 0 saturated heterocycles. The van der Waals surface area contributed by atoms with Gasteiger partial charge in [0.2, 0.25) is 5.82 Å². The first kappa shape index (κ1) is 16.3. The Balaban J connectivity index is 1.72. The van der Waals surface area contributed by atoms with E-state index < -0.39 is 12.2 Å². The molecule has 0 spiro atoms. The number of hydrogen-bond donors (Lipinski definition) is 4. The largest absolute Gasteiger partial charge is 0.396 e. The van der Waals surface area contributed by atoms with Crippen LogP contribution >= 0.6 is 0 Å². The molecule has 126 valence electrons. The molecule has 0 bridgehead atoms. The highest BCUT2D eigenvalue weighted by molar-refractivity contribution is 5.42. The van der Waals surface area contributed by atoms with Gasteiger partial charge in [-0.1, -0.05) is 30.3 Å². The van der Waals surface area contributed by atoms with E-state index in [0.29, 0.717) is 23.9 Å². The van der Waals surface area contributed by atoms with Crippen LogP contribution in [0.3, 0.4) is 0 Å². The van der Waals surface area contributed by atoms with E-state index in [9.17, 15) is 10.2 Å². The van der Waals surface area contributed by atoms with Crippen molar-refractivity contribution in [3.63, 3.8) is 0 Å². The third-order valence-electron chi connectivity index (χ3n) is 3.64. The summed E-state index contributed by atoms with van der Waals surface area (Å²) in [7, 11) is 0. The van der Waals surface area contributed by atoms with Gasteiger partial charge in [-0.05, 0) is 12.0 Å². The average molecular weight is 329 g/mol. The summed E-state index contributed by atoms with van der Waals surface area (Å²) in [4.78, 5) is 11.3. The number of aliphatic hydroxyl groups excluding tert-OH is 3. The molecule has 0 saturated carbocycles. The summed E-state index contributed by atoms with van der Waals surface area (Å²) >= 11 is 0. The first-order chi connectivity index (χ1) is 11.7. The Bertz CT molecular complexity index is 771. The van der Waals surface area contributed by atoms with Crippen molar-refractivity contribution in [1.82, 2.24) is 24.7 Å². The number of benzene rings is 1. The van der Waals surface area contributed by atoms with E-state index in [1.165, 1.54) is 6.20 Å². The fourth-order valence-electron chi connectivity index (χ4n) is 2.35. The number of rotatable bonds is 7. The van der Waals surface area contributed by atoms with Crippen LogP contribution in [0.5, 0.6) is 0 Å². The van der Waals surface area contributed by atoms with Crippen molar-refractivity contribution in [3.8, 4) is 11.6 Å². The highest BCUT2D eigenvalue weighted by Gasteiger charge is 2.21. The van der Waals surface area contributed by atoms with Crippen LogP contribution in [0.15, 0.2) is 42.9 Å². The molecule has 8 heteroatoms. The number of nitrogens with one attached hydrogen (secondary N) is 1. The second-order valence-electron chi connectivity index (χ2n) is 5.46. The minimum absolute atomic E-state index is 0.0828. The summed E-state index contributed by atoms with van der Waals surface area (Å²) in [5.74, 6) is 0.813. The molecular formula is C16H19N5O3. The lowest BCUT2D eigenvalue weighted by molar-refractivity contribution is 0.00216. The molecule has 0 amide bonds. The lowest BCUT2D eigenvalue weighted by Gasteiger charge is -2.14. The van der Waals surface area contributed by atoms with Gasteiger partial charge in [-0.15, -0.1) is 5.10 Å². The van der Waals surface area contributed by atoms with E-state index in [1.807, 2.05) is 30.3 Å². The lowest BCUT2D eigenvalue weighted by atomic mass is 10.1. The molecule has 0 aliphatic carbocycles. The quantitative estimate of drug-likeness (QED) is 0.501. The number of aromatic nitrogens is 5. The van der Waals surface area contributed by atoms with Crippen LogP contribution < -0.4 is 0 Å². The molecule has 3 rings (SSSR count). The van der Waals surface area contributed by atoms with Crippen LogP contribution in [0.2, 0.25) is 0 Å². The highest BCUT2D eigenvalue weighted by Crippen LogP contribution is 2.19. The molecule has 0 radical (unpaired) electrons. The van der Waals surface area contributed by atoms with E-state index >= 15 is 0 Å². The zero-order chi connectivity index (χ0) is 16.9. The molecule has 4 N–H and O–H groups in total. The molecule has 8 nitrogen and oxygen atoms in total. The van der Waals surface area contributed by atoms with Gasteiger partial charge in [0.1, 0.15) is 12.4 Å². The van der Waals surface area contributed by atoms with Crippen LogP contribution in [0.25, 0.3) is 11.6 Å². The van der Waals surface area contributed by atoms with Crippen LogP contribution in [-0.2, 0) is 6.54 Å². The standard InChI is InChI=1S/C16H19N5O3/c22-7-6-13(23)14(24)12-8-17-15(19-12)16-18-10-21(20-16)9-11-4-2-1-3-5-11/h1-5,8,10,13-14,22-24H,6-7,9H2,(H,17,19). The Kier molecular flexibility index (Phi) is 4.99. The number of imidazole rings is 1. The van der Waals surface area contributed by atoms with Crippen molar-refractivity contribution in [2.45, 2.75) is 25.2 Å². The normalized spacial score (nSPS) is 13.8. The van der Waals surface area contributed by atoms with Crippen molar-refractivity contribution in [2.75, 3.05) is 6.61 Å². The molecule has 3 aromatic rings. The zero-order valence-electron chi connectivity index (χ0n) is 12.9. The molecule has 2 heterocycles. The first-order valence-corrected chi connectivity index (χ1v) is 7.63. The predicted molar refractivity (Wildman–Crippen MR) is 85.8 cm³/mol. The first-order valence-electron chi connectivity index (χ1n) is 7.63. The second kappa shape index (κ2) is 7.35. The fourth-order valence-corrected chi connectivity index (χ4v) is 2.35. The van der Waals surface area contributed by atoms with Crippen LogP contribution in [0.4, 0.5) is 0 Å². The summed E-state index contributed by atoms with van der Waals surface area (Å²) in [6, 6.07) is 9.89. The Hall–Kier alpha value is -2.55. The maximum absolute atomic E-state index is 10.0. The van der Waals surface area contributed by atoms with Gasteiger partial charge >= 0.3 is 0 Å². The minimum Gasteiger partial charge on any atom is -0.396 e. The smallest absolute Gasteiger partial charge is 0.216 e. The predicted octanol–water partition coefficient (Wildman–Crippen LogP) is 0.493. The number of aliphatic hydroxyl groups is 3. The van der Waals surface area contributed by atoms with Crippen molar-refractivity contribution in [1.29, 1.82) is 0 Å². The summed E-state index contributed by atoms with van der Waals surface area (Å²) < 4.78 is 1.70. The topological polar surface area (TPSA) is 120 Å². The number of nitrogens with zero attached hydrogens (tertiary/aromatic N) is 4.